The van der Waals surface area contributed by atoms with Crippen molar-refractivity contribution < 1.29 is 18.0 Å². The molecular weight excluding hydrogens is 344 g/mol. The summed E-state index contributed by atoms with van der Waals surface area (Å²) in [5.41, 5.74) is 0. The Bertz CT molecular complexity index is 745. The Morgan fingerprint density at radius 2 is 1.72 bits per heavy atom. The number of amides is 3. The van der Waals surface area contributed by atoms with Crippen molar-refractivity contribution >= 4 is 22.0 Å². The molecule has 0 spiro atoms. The Labute approximate surface area is 147 Å². The summed E-state index contributed by atoms with van der Waals surface area (Å²) in [6.45, 7) is 4.16. The fourth-order valence-electron chi connectivity index (χ4n) is 3.14. The number of rotatable bonds is 4. The normalized spacial score (nSPS) is 21.2. The lowest BCUT2D eigenvalue weighted by molar-refractivity contribution is -0.133. The first-order valence-corrected chi connectivity index (χ1v) is 9.74. The fourth-order valence-corrected chi connectivity index (χ4v) is 4.58. The predicted octanol–water partition coefficient (Wildman–Crippen LogP) is -0.0668. The number of imide groups is 1. The van der Waals surface area contributed by atoms with Crippen LogP contribution < -0.4 is 5.32 Å². The molecule has 0 aromatic heterocycles. The Morgan fingerprint density at radius 3 is 2.28 bits per heavy atom. The van der Waals surface area contributed by atoms with Gasteiger partial charge in [-0.1, -0.05) is 18.2 Å². The molecule has 2 aliphatic rings. The highest BCUT2D eigenvalue weighted by Gasteiger charge is 2.35. The maximum absolute atomic E-state index is 12.6. The molecule has 25 heavy (non-hydrogen) atoms. The molecule has 1 atom stereocenters. The van der Waals surface area contributed by atoms with E-state index < -0.39 is 16.1 Å². The van der Waals surface area contributed by atoms with Crippen LogP contribution in [0, 0.1) is 0 Å². The Balaban J connectivity index is 1.62. The number of benzene rings is 1. The summed E-state index contributed by atoms with van der Waals surface area (Å²) >= 11 is 0. The number of hydrogen-bond donors (Lipinski definition) is 1. The van der Waals surface area contributed by atoms with Crippen molar-refractivity contribution in [2.75, 3.05) is 39.3 Å². The summed E-state index contributed by atoms with van der Waals surface area (Å²) < 4.78 is 26.7. The molecule has 2 heterocycles. The first-order valence-electron chi connectivity index (χ1n) is 8.30. The molecule has 1 aromatic carbocycles. The minimum absolute atomic E-state index is 0.241. The molecule has 2 saturated heterocycles. The average molecular weight is 366 g/mol. The zero-order valence-electron chi connectivity index (χ0n) is 14.1. The van der Waals surface area contributed by atoms with Crippen molar-refractivity contribution in [3.8, 4) is 0 Å². The second-order valence-electron chi connectivity index (χ2n) is 6.15. The Morgan fingerprint density at radius 1 is 1.08 bits per heavy atom. The highest BCUT2D eigenvalue weighted by molar-refractivity contribution is 7.89. The number of urea groups is 1. The quantitative estimate of drug-likeness (QED) is 0.806. The van der Waals surface area contributed by atoms with Gasteiger partial charge in [-0.2, -0.15) is 4.31 Å². The van der Waals surface area contributed by atoms with Crippen LogP contribution in [0.5, 0.6) is 0 Å². The summed E-state index contributed by atoms with van der Waals surface area (Å²) in [5.74, 6) is -0.241. The monoisotopic (exact) mass is 366 g/mol. The minimum atomic E-state index is -3.51. The van der Waals surface area contributed by atoms with E-state index in [0.717, 1.165) is 0 Å². The lowest BCUT2D eigenvalue weighted by Gasteiger charge is -2.37. The van der Waals surface area contributed by atoms with Crippen molar-refractivity contribution in [1.82, 2.24) is 19.4 Å². The lowest BCUT2D eigenvalue weighted by atomic mass is 10.2. The van der Waals surface area contributed by atoms with Crippen molar-refractivity contribution in [1.29, 1.82) is 0 Å². The van der Waals surface area contributed by atoms with Gasteiger partial charge in [-0.15, -0.1) is 0 Å². The summed E-state index contributed by atoms with van der Waals surface area (Å²) in [4.78, 5) is 27.5. The van der Waals surface area contributed by atoms with Gasteiger partial charge in [0.05, 0.1) is 10.9 Å². The molecule has 0 bridgehead atoms. The molecule has 2 fully saturated rings. The van der Waals surface area contributed by atoms with Gasteiger partial charge in [0.15, 0.2) is 0 Å². The zero-order chi connectivity index (χ0) is 18.0. The van der Waals surface area contributed by atoms with E-state index in [9.17, 15) is 18.0 Å². The van der Waals surface area contributed by atoms with Crippen molar-refractivity contribution in [2.45, 2.75) is 17.9 Å². The third kappa shape index (κ3) is 3.53. The van der Waals surface area contributed by atoms with E-state index in [1.165, 1.54) is 9.21 Å². The van der Waals surface area contributed by atoms with Crippen LogP contribution >= 0.6 is 0 Å². The molecule has 1 aromatic rings. The second kappa shape index (κ2) is 7.11. The highest BCUT2D eigenvalue weighted by Crippen LogP contribution is 2.18. The maximum atomic E-state index is 12.6. The first-order chi connectivity index (χ1) is 11.9. The van der Waals surface area contributed by atoms with E-state index in [4.69, 9.17) is 0 Å². The molecule has 0 saturated carbocycles. The number of sulfonamides is 1. The van der Waals surface area contributed by atoms with Crippen LogP contribution in [0.1, 0.15) is 6.92 Å². The van der Waals surface area contributed by atoms with Crippen molar-refractivity contribution in [2.24, 2.45) is 0 Å². The number of nitrogens with one attached hydrogen (secondary N) is 1. The molecule has 0 aliphatic carbocycles. The smallest absolute Gasteiger partial charge is 0.324 e. The van der Waals surface area contributed by atoms with Gasteiger partial charge in [-0.3, -0.25) is 14.6 Å². The number of carbonyl (C=O) groups excluding carboxylic acids is 2. The van der Waals surface area contributed by atoms with Crippen molar-refractivity contribution in [3.63, 3.8) is 0 Å². The standard InChI is InChI=1S/C16H22N4O4S/c1-13(15(21)20-8-7-17-16(20)22)18-9-11-19(12-10-18)25(23,24)14-5-3-2-4-6-14/h2-6,13H,7-12H2,1H3,(H,17,22). The average Bonchev–Trinajstić information content (AvgIpc) is 3.07. The van der Waals surface area contributed by atoms with Gasteiger partial charge in [0.1, 0.15) is 0 Å². The van der Waals surface area contributed by atoms with Crippen LogP contribution in [-0.4, -0.2) is 79.8 Å². The molecule has 1 unspecified atom stereocenters. The second-order valence-corrected chi connectivity index (χ2v) is 8.09. The first kappa shape index (κ1) is 17.8. The molecule has 1 N–H and O–H groups in total. The third-order valence-electron chi connectivity index (χ3n) is 4.68. The fraction of sp³-hybridized carbons (Fsp3) is 0.500. The van der Waals surface area contributed by atoms with Gasteiger partial charge >= 0.3 is 6.03 Å². The Hall–Kier alpha value is -1.97. The lowest BCUT2D eigenvalue weighted by Crippen LogP contribution is -2.55. The van der Waals surface area contributed by atoms with Gasteiger partial charge in [0.25, 0.3) is 0 Å². The number of nitrogens with zero attached hydrogens (tertiary/aromatic N) is 3. The predicted molar refractivity (Wildman–Crippen MR) is 91.3 cm³/mol. The molecule has 0 radical (unpaired) electrons. The number of hydrogen-bond acceptors (Lipinski definition) is 5. The van der Waals surface area contributed by atoms with E-state index in [0.29, 0.717) is 39.3 Å². The molecule has 136 valence electrons. The van der Waals surface area contributed by atoms with Crippen LogP contribution in [0.2, 0.25) is 0 Å². The summed E-state index contributed by atoms with van der Waals surface area (Å²) in [5, 5.41) is 2.61. The van der Waals surface area contributed by atoms with Crippen LogP contribution in [-0.2, 0) is 14.8 Å². The molecule has 9 heteroatoms. The molecule has 8 nitrogen and oxygen atoms in total. The summed E-state index contributed by atoms with van der Waals surface area (Å²) in [6, 6.07) is 7.53. The highest BCUT2D eigenvalue weighted by atomic mass is 32.2. The topological polar surface area (TPSA) is 90.0 Å². The Kier molecular flexibility index (Phi) is 5.07. The van der Waals surface area contributed by atoms with Gasteiger partial charge in [0.2, 0.25) is 15.9 Å². The van der Waals surface area contributed by atoms with Crippen LogP contribution in [0.3, 0.4) is 0 Å². The van der Waals surface area contributed by atoms with Gasteiger partial charge < -0.3 is 5.32 Å². The van der Waals surface area contributed by atoms with Gasteiger partial charge in [-0.05, 0) is 19.1 Å². The summed E-state index contributed by atoms with van der Waals surface area (Å²) in [6.07, 6.45) is 0. The summed E-state index contributed by atoms with van der Waals surface area (Å²) in [7, 11) is -3.51. The third-order valence-corrected chi connectivity index (χ3v) is 6.60. The molecule has 2 aliphatic heterocycles. The van der Waals surface area contributed by atoms with Crippen LogP contribution in [0.15, 0.2) is 35.2 Å². The minimum Gasteiger partial charge on any atom is -0.336 e. The molecule has 3 amide bonds. The SMILES string of the molecule is CC(C(=O)N1CCNC1=O)N1CCN(S(=O)(=O)c2ccccc2)CC1. The molecule has 3 rings (SSSR count). The number of piperazine rings is 1. The maximum Gasteiger partial charge on any atom is 0.324 e. The van der Waals surface area contributed by atoms with Gasteiger partial charge in [-0.25, -0.2) is 13.2 Å². The zero-order valence-corrected chi connectivity index (χ0v) is 14.9. The van der Waals surface area contributed by atoms with E-state index in [1.54, 1.807) is 37.3 Å². The van der Waals surface area contributed by atoms with E-state index >= 15 is 0 Å². The van der Waals surface area contributed by atoms with E-state index in [1.807, 2.05) is 4.90 Å². The van der Waals surface area contributed by atoms with Gasteiger partial charge in [0, 0.05) is 39.3 Å². The van der Waals surface area contributed by atoms with Crippen molar-refractivity contribution in [3.05, 3.63) is 30.3 Å². The van der Waals surface area contributed by atoms with E-state index in [2.05, 4.69) is 5.32 Å². The number of carbonyl (C=O) groups is 2. The van der Waals surface area contributed by atoms with Crippen LogP contribution in [0.25, 0.3) is 0 Å². The molecular formula is C16H22N4O4S. The van der Waals surface area contributed by atoms with Crippen LogP contribution in [0.4, 0.5) is 4.79 Å². The van der Waals surface area contributed by atoms with E-state index in [-0.39, 0.29) is 16.8 Å². The largest absolute Gasteiger partial charge is 0.336 e.